The second-order valence-corrected chi connectivity index (χ2v) is 7.46. The fraction of sp³-hybridized carbons (Fsp3) is 0.412. The van der Waals surface area contributed by atoms with Crippen molar-refractivity contribution in [1.29, 1.82) is 0 Å². The van der Waals surface area contributed by atoms with Crippen molar-refractivity contribution in [3.05, 3.63) is 45.4 Å². The first-order chi connectivity index (χ1) is 11.5. The molecule has 1 amide bonds. The van der Waals surface area contributed by atoms with Gasteiger partial charge in [0.25, 0.3) is 5.91 Å². The number of hydrogen-bond donors (Lipinski definition) is 2. The molecule has 128 valence electrons. The van der Waals surface area contributed by atoms with Gasteiger partial charge < -0.3 is 10.5 Å². The average Bonchev–Trinajstić information content (AvgIpc) is 3.20. The summed E-state index contributed by atoms with van der Waals surface area (Å²) in [7, 11) is 0. The summed E-state index contributed by atoms with van der Waals surface area (Å²) in [6, 6.07) is 6.03. The van der Waals surface area contributed by atoms with Gasteiger partial charge in [-0.1, -0.05) is 23.7 Å². The predicted molar refractivity (Wildman–Crippen MR) is 96.7 cm³/mol. The van der Waals surface area contributed by atoms with Crippen LogP contribution < -0.4 is 11.1 Å². The van der Waals surface area contributed by atoms with Crippen LogP contribution in [0.1, 0.15) is 28.8 Å². The Hall–Kier alpha value is -1.47. The Morgan fingerprint density at radius 3 is 3.04 bits per heavy atom. The van der Waals surface area contributed by atoms with Gasteiger partial charge in [0, 0.05) is 29.1 Å². The molecule has 2 atom stereocenters. The molecule has 0 aliphatic carbocycles. The maximum atomic E-state index is 12.2. The molecule has 1 aromatic heterocycles. The van der Waals surface area contributed by atoms with Crippen LogP contribution in [0.5, 0.6) is 0 Å². The predicted octanol–water partition coefficient (Wildman–Crippen LogP) is 3.14. The minimum absolute atomic E-state index is 0.0149. The number of thiazole rings is 1. The lowest BCUT2D eigenvalue weighted by molar-refractivity contribution is -0.126. The van der Waals surface area contributed by atoms with Crippen molar-refractivity contribution < 1.29 is 9.53 Å². The van der Waals surface area contributed by atoms with Gasteiger partial charge in [-0.3, -0.25) is 10.1 Å². The number of benzene rings is 1. The number of ether oxygens (including phenoxy) is 1. The van der Waals surface area contributed by atoms with Gasteiger partial charge in [0.15, 0.2) is 5.13 Å². The number of hydrogen-bond acceptors (Lipinski definition) is 5. The van der Waals surface area contributed by atoms with Crippen LogP contribution in [0.25, 0.3) is 0 Å². The minimum Gasteiger partial charge on any atom is -0.364 e. The molecule has 1 fully saturated rings. The molecule has 2 aromatic rings. The zero-order valence-corrected chi connectivity index (χ0v) is 15.0. The van der Waals surface area contributed by atoms with Crippen LogP contribution >= 0.6 is 22.9 Å². The van der Waals surface area contributed by atoms with Gasteiger partial charge in [-0.2, -0.15) is 0 Å². The lowest BCUT2D eigenvalue weighted by Crippen LogP contribution is -2.29. The first-order valence-electron chi connectivity index (χ1n) is 7.91. The molecule has 0 bridgehead atoms. The van der Waals surface area contributed by atoms with E-state index in [2.05, 4.69) is 16.4 Å². The van der Waals surface area contributed by atoms with Crippen molar-refractivity contribution in [2.24, 2.45) is 5.73 Å². The third-order valence-electron chi connectivity index (χ3n) is 4.06. The number of nitrogens with two attached hydrogens (primary N) is 1. The smallest absolute Gasteiger partial charge is 0.255 e. The van der Waals surface area contributed by atoms with E-state index < -0.39 is 6.10 Å². The third kappa shape index (κ3) is 4.13. The fourth-order valence-electron chi connectivity index (χ4n) is 2.65. The van der Waals surface area contributed by atoms with Gasteiger partial charge in [0.05, 0.1) is 6.10 Å². The van der Waals surface area contributed by atoms with Crippen LogP contribution in [0.2, 0.25) is 5.02 Å². The maximum absolute atomic E-state index is 12.2. The molecule has 0 unspecified atom stereocenters. The molecule has 5 nitrogen and oxygen atoms in total. The summed E-state index contributed by atoms with van der Waals surface area (Å²) in [6.07, 6.45) is 3.61. The van der Waals surface area contributed by atoms with E-state index in [1.807, 2.05) is 19.1 Å². The largest absolute Gasteiger partial charge is 0.364 e. The van der Waals surface area contributed by atoms with E-state index >= 15 is 0 Å². The van der Waals surface area contributed by atoms with Crippen LogP contribution in [0.4, 0.5) is 5.13 Å². The van der Waals surface area contributed by atoms with E-state index in [1.54, 1.807) is 6.20 Å². The van der Waals surface area contributed by atoms with Crippen LogP contribution in [0, 0.1) is 6.92 Å². The van der Waals surface area contributed by atoms with E-state index in [4.69, 9.17) is 22.1 Å². The number of nitrogens with one attached hydrogen (secondary N) is 1. The van der Waals surface area contributed by atoms with E-state index in [0.717, 1.165) is 33.9 Å². The number of rotatable bonds is 5. The fourth-order valence-corrected chi connectivity index (χ4v) is 3.71. The molecule has 2 heterocycles. The van der Waals surface area contributed by atoms with E-state index in [0.29, 0.717) is 18.1 Å². The Balaban J connectivity index is 1.59. The minimum atomic E-state index is -0.429. The lowest BCUT2D eigenvalue weighted by atomic mass is 10.1. The van der Waals surface area contributed by atoms with Crippen molar-refractivity contribution >= 4 is 34.0 Å². The van der Waals surface area contributed by atoms with Gasteiger partial charge in [-0.25, -0.2) is 4.98 Å². The number of anilines is 1. The second kappa shape index (κ2) is 7.61. The number of carbonyl (C=O) groups is 1. The number of nitrogens with zero attached hydrogens (tertiary/aromatic N) is 1. The molecule has 1 aliphatic heterocycles. The van der Waals surface area contributed by atoms with Gasteiger partial charge >= 0.3 is 0 Å². The Morgan fingerprint density at radius 2 is 2.33 bits per heavy atom. The summed E-state index contributed by atoms with van der Waals surface area (Å²) in [5, 5.41) is 4.18. The first kappa shape index (κ1) is 17.4. The summed E-state index contributed by atoms with van der Waals surface area (Å²) in [6.45, 7) is 2.43. The van der Waals surface area contributed by atoms with Gasteiger partial charge in [-0.15, -0.1) is 11.3 Å². The van der Waals surface area contributed by atoms with Gasteiger partial charge in [0.1, 0.15) is 6.10 Å². The zero-order chi connectivity index (χ0) is 17.1. The Labute approximate surface area is 150 Å². The van der Waals surface area contributed by atoms with Crippen molar-refractivity contribution in [1.82, 2.24) is 4.98 Å². The number of amides is 1. The number of aryl methyl sites for hydroxylation is 1. The molecule has 0 saturated carbocycles. The van der Waals surface area contributed by atoms with E-state index in [1.165, 1.54) is 11.3 Å². The number of halogens is 1. The number of carbonyl (C=O) groups excluding carboxylic acids is 1. The highest BCUT2D eigenvalue weighted by atomic mass is 35.5. The third-order valence-corrected chi connectivity index (χ3v) is 5.38. The molecule has 24 heavy (non-hydrogen) atoms. The Morgan fingerprint density at radius 1 is 1.50 bits per heavy atom. The molecule has 7 heteroatoms. The summed E-state index contributed by atoms with van der Waals surface area (Å²) in [5.41, 5.74) is 7.75. The van der Waals surface area contributed by atoms with Crippen molar-refractivity contribution in [2.45, 2.75) is 38.4 Å². The average molecular weight is 366 g/mol. The topological polar surface area (TPSA) is 77.2 Å². The quantitative estimate of drug-likeness (QED) is 0.853. The summed E-state index contributed by atoms with van der Waals surface area (Å²) in [4.78, 5) is 17.5. The monoisotopic (exact) mass is 365 g/mol. The van der Waals surface area contributed by atoms with Crippen molar-refractivity contribution in [2.75, 3.05) is 11.9 Å². The lowest BCUT2D eigenvalue weighted by Gasteiger charge is -2.11. The summed E-state index contributed by atoms with van der Waals surface area (Å²) in [5.74, 6) is -0.148. The van der Waals surface area contributed by atoms with Gasteiger partial charge in [-0.05, 0) is 37.0 Å². The molecule has 1 aromatic carbocycles. The standard InChI is InChI=1S/C17H20ClN3O2S/c1-10-2-3-11(7-14(10)18)6-13-9-20-17(24-13)21-16(22)15-5-4-12(8-19)23-15/h2-3,7,9,12,15H,4-6,8,19H2,1H3,(H,20,21,22)/t12-,15+/m1/s1. The normalized spacial score (nSPS) is 20.3. The molecule has 1 saturated heterocycles. The highest BCUT2D eigenvalue weighted by molar-refractivity contribution is 7.15. The van der Waals surface area contributed by atoms with Crippen LogP contribution in [-0.2, 0) is 16.0 Å². The van der Waals surface area contributed by atoms with Crippen LogP contribution in [0.3, 0.4) is 0 Å². The van der Waals surface area contributed by atoms with E-state index in [-0.39, 0.29) is 12.0 Å². The molecule has 3 rings (SSSR count). The SMILES string of the molecule is Cc1ccc(Cc2cnc(NC(=O)[C@@H]3CC[C@H](CN)O3)s2)cc1Cl. The van der Waals surface area contributed by atoms with Crippen LogP contribution in [-0.4, -0.2) is 29.6 Å². The highest BCUT2D eigenvalue weighted by Crippen LogP contribution is 2.25. The first-order valence-corrected chi connectivity index (χ1v) is 9.10. The molecular weight excluding hydrogens is 346 g/mol. The highest BCUT2D eigenvalue weighted by Gasteiger charge is 2.30. The molecule has 3 N–H and O–H groups in total. The van der Waals surface area contributed by atoms with Crippen LogP contribution in [0.15, 0.2) is 24.4 Å². The summed E-state index contributed by atoms with van der Waals surface area (Å²) < 4.78 is 5.60. The maximum Gasteiger partial charge on any atom is 0.255 e. The molecule has 0 spiro atoms. The molecular formula is C17H20ClN3O2S. The van der Waals surface area contributed by atoms with Crippen molar-refractivity contribution in [3.8, 4) is 0 Å². The number of aromatic nitrogens is 1. The molecule has 1 aliphatic rings. The Kier molecular flexibility index (Phi) is 5.50. The van der Waals surface area contributed by atoms with Gasteiger partial charge in [0.2, 0.25) is 0 Å². The van der Waals surface area contributed by atoms with E-state index in [9.17, 15) is 4.79 Å². The summed E-state index contributed by atoms with van der Waals surface area (Å²) >= 11 is 7.62. The van der Waals surface area contributed by atoms with Crippen molar-refractivity contribution in [3.63, 3.8) is 0 Å². The molecule has 0 radical (unpaired) electrons. The zero-order valence-electron chi connectivity index (χ0n) is 13.4. The Bertz CT molecular complexity index is 734. The second-order valence-electron chi connectivity index (χ2n) is 5.94.